The van der Waals surface area contributed by atoms with E-state index in [-0.39, 0.29) is 39.8 Å². The number of carbonyl (C=O) groups is 2. The minimum absolute atomic E-state index is 0.0951. The molecule has 0 radical (unpaired) electrons. The fourth-order valence-corrected chi connectivity index (χ4v) is 4.25. The Labute approximate surface area is 248 Å². The number of nitrogens with one attached hydrogen (secondary N) is 3. The number of ether oxygens (including phenoxy) is 2. The molecule has 2 heterocycles. The van der Waals surface area contributed by atoms with Crippen LogP contribution in [0.15, 0.2) is 60.8 Å². The number of unbranched alkanes of at least 4 members (excludes halogenated alkanes) is 1. The maximum absolute atomic E-state index is 13.0. The lowest BCUT2D eigenvalue weighted by molar-refractivity contribution is -0.119. The van der Waals surface area contributed by atoms with Crippen LogP contribution in [0.4, 0.5) is 22.1 Å². The fourth-order valence-electron chi connectivity index (χ4n) is 3.84. The molecule has 0 saturated heterocycles. The monoisotopic (exact) mass is 596 g/mol. The topological polar surface area (TPSA) is 119 Å². The number of carbonyl (C=O) groups excluding carboxylic acids is 2. The number of pyridine rings is 1. The number of aromatic nitrogens is 3. The Balaban J connectivity index is 1.48. The SMILES string of the molecule is CCCCc1cc(NC(=O)Nc2ccc(Oc3ccnc(NC(=O)COC)c3)c(Cl)c2Cl)n(-c2ccc(C)cc2)n1. The Morgan fingerprint density at radius 1 is 0.976 bits per heavy atom. The molecular weight excluding hydrogens is 567 g/mol. The molecule has 12 heteroatoms. The maximum Gasteiger partial charge on any atom is 0.324 e. The molecule has 2 aromatic carbocycles. The average Bonchev–Trinajstić information content (AvgIpc) is 3.34. The summed E-state index contributed by atoms with van der Waals surface area (Å²) in [7, 11) is 1.42. The van der Waals surface area contributed by atoms with Crippen LogP contribution in [0.25, 0.3) is 5.69 Å². The number of rotatable bonds is 11. The summed E-state index contributed by atoms with van der Waals surface area (Å²) in [5, 5.41) is 13.1. The van der Waals surface area contributed by atoms with Crippen LogP contribution in [-0.2, 0) is 16.0 Å². The molecule has 0 atom stereocenters. The van der Waals surface area contributed by atoms with Gasteiger partial charge in [0.15, 0.2) is 0 Å². The summed E-state index contributed by atoms with van der Waals surface area (Å²) >= 11 is 13.0. The maximum atomic E-state index is 13.0. The third kappa shape index (κ3) is 7.97. The largest absolute Gasteiger partial charge is 0.456 e. The molecule has 0 aliphatic rings. The van der Waals surface area contributed by atoms with Gasteiger partial charge in [0.2, 0.25) is 0 Å². The molecule has 0 spiro atoms. The fraction of sp³-hybridized carbons (Fsp3) is 0.241. The van der Waals surface area contributed by atoms with Crippen molar-refractivity contribution in [2.75, 3.05) is 29.7 Å². The van der Waals surface area contributed by atoms with Crippen molar-refractivity contribution < 1.29 is 19.1 Å². The number of aryl methyl sites for hydroxylation is 2. The van der Waals surface area contributed by atoms with E-state index in [9.17, 15) is 9.59 Å². The van der Waals surface area contributed by atoms with Crippen molar-refractivity contribution in [2.24, 2.45) is 0 Å². The third-order valence-electron chi connectivity index (χ3n) is 5.86. The number of methoxy groups -OCH3 is 1. The third-order valence-corrected chi connectivity index (χ3v) is 6.73. The minimum Gasteiger partial charge on any atom is -0.456 e. The molecule has 4 rings (SSSR count). The van der Waals surface area contributed by atoms with Gasteiger partial charge in [-0.1, -0.05) is 54.2 Å². The molecule has 41 heavy (non-hydrogen) atoms. The van der Waals surface area contributed by atoms with E-state index >= 15 is 0 Å². The Morgan fingerprint density at radius 3 is 2.49 bits per heavy atom. The van der Waals surface area contributed by atoms with Gasteiger partial charge >= 0.3 is 6.03 Å². The average molecular weight is 598 g/mol. The molecule has 0 aliphatic heterocycles. The molecule has 0 aliphatic carbocycles. The highest BCUT2D eigenvalue weighted by molar-refractivity contribution is 6.45. The van der Waals surface area contributed by atoms with Crippen LogP contribution in [0.5, 0.6) is 11.5 Å². The smallest absolute Gasteiger partial charge is 0.324 e. The second-order valence-electron chi connectivity index (χ2n) is 9.15. The zero-order valence-electron chi connectivity index (χ0n) is 22.8. The van der Waals surface area contributed by atoms with E-state index in [2.05, 4.69) is 27.9 Å². The van der Waals surface area contributed by atoms with E-state index in [0.717, 1.165) is 36.2 Å². The second kappa shape index (κ2) is 14.0. The van der Waals surface area contributed by atoms with Gasteiger partial charge in [0.05, 0.1) is 22.1 Å². The van der Waals surface area contributed by atoms with Crippen LogP contribution < -0.4 is 20.7 Å². The van der Waals surface area contributed by atoms with Crippen molar-refractivity contribution in [3.05, 3.63) is 82.1 Å². The van der Waals surface area contributed by atoms with E-state index in [1.54, 1.807) is 22.9 Å². The van der Waals surface area contributed by atoms with Crippen LogP contribution in [0, 0.1) is 6.92 Å². The highest BCUT2D eigenvalue weighted by Crippen LogP contribution is 2.39. The molecule has 2 aromatic heterocycles. The number of hydrogen-bond acceptors (Lipinski definition) is 6. The molecule has 0 bridgehead atoms. The van der Waals surface area contributed by atoms with Crippen molar-refractivity contribution in [3.8, 4) is 17.2 Å². The minimum atomic E-state index is -0.516. The first kappa shape index (κ1) is 29.9. The van der Waals surface area contributed by atoms with Gasteiger partial charge in [0.1, 0.15) is 34.8 Å². The first-order valence-corrected chi connectivity index (χ1v) is 13.7. The van der Waals surface area contributed by atoms with Crippen LogP contribution >= 0.6 is 23.2 Å². The standard InChI is InChI=1S/C29H30Cl2N6O4/c1-4-5-6-19-15-25(37(36-19)20-9-7-18(2)8-10-20)35-29(39)33-22-11-12-23(28(31)27(22)30)41-21-13-14-32-24(16-21)34-26(38)17-40-3/h7-16H,4-6,17H2,1-3H3,(H,32,34,38)(H2,33,35,39). The summed E-state index contributed by atoms with van der Waals surface area (Å²) < 4.78 is 12.4. The Bertz CT molecular complexity index is 1520. The number of halogens is 2. The summed E-state index contributed by atoms with van der Waals surface area (Å²) in [5.74, 6) is 1.06. The molecule has 4 aromatic rings. The zero-order chi connectivity index (χ0) is 29.4. The Morgan fingerprint density at radius 2 is 1.76 bits per heavy atom. The lowest BCUT2D eigenvalue weighted by Crippen LogP contribution is -2.21. The van der Waals surface area contributed by atoms with Gasteiger partial charge in [-0.25, -0.2) is 14.5 Å². The lowest BCUT2D eigenvalue weighted by Gasteiger charge is -2.14. The molecule has 3 amide bonds. The number of urea groups is 1. The van der Waals surface area contributed by atoms with Crippen molar-refractivity contribution in [1.29, 1.82) is 0 Å². The van der Waals surface area contributed by atoms with Crippen LogP contribution in [0.1, 0.15) is 31.0 Å². The van der Waals surface area contributed by atoms with Gasteiger partial charge in [0.25, 0.3) is 5.91 Å². The number of nitrogens with zero attached hydrogens (tertiary/aromatic N) is 3. The first-order valence-electron chi connectivity index (χ1n) is 12.9. The molecule has 3 N–H and O–H groups in total. The van der Waals surface area contributed by atoms with Gasteiger partial charge in [-0.2, -0.15) is 5.10 Å². The predicted molar refractivity (Wildman–Crippen MR) is 161 cm³/mol. The number of anilines is 3. The number of hydrogen-bond donors (Lipinski definition) is 3. The summed E-state index contributed by atoms with van der Waals surface area (Å²) in [4.78, 5) is 28.9. The predicted octanol–water partition coefficient (Wildman–Crippen LogP) is 7.25. The van der Waals surface area contributed by atoms with E-state index in [1.807, 2.05) is 37.3 Å². The van der Waals surface area contributed by atoms with Gasteiger partial charge in [-0.15, -0.1) is 0 Å². The zero-order valence-corrected chi connectivity index (χ0v) is 24.3. The molecule has 10 nitrogen and oxygen atoms in total. The summed E-state index contributed by atoms with van der Waals surface area (Å²) in [6.45, 7) is 4.02. The molecule has 0 saturated carbocycles. The summed E-state index contributed by atoms with van der Waals surface area (Å²) in [6.07, 6.45) is 4.30. The first-order chi connectivity index (χ1) is 19.8. The van der Waals surface area contributed by atoms with Crippen LogP contribution in [-0.4, -0.2) is 40.4 Å². The van der Waals surface area contributed by atoms with Crippen molar-refractivity contribution in [1.82, 2.24) is 14.8 Å². The Kier molecular flexibility index (Phi) is 10.2. The highest BCUT2D eigenvalue weighted by Gasteiger charge is 2.17. The van der Waals surface area contributed by atoms with Crippen molar-refractivity contribution in [3.63, 3.8) is 0 Å². The van der Waals surface area contributed by atoms with Gasteiger partial charge < -0.3 is 20.1 Å². The quantitative estimate of drug-likeness (QED) is 0.168. The molecule has 0 fully saturated rings. The van der Waals surface area contributed by atoms with E-state index in [4.69, 9.17) is 37.8 Å². The van der Waals surface area contributed by atoms with E-state index < -0.39 is 6.03 Å². The summed E-state index contributed by atoms with van der Waals surface area (Å²) in [6, 6.07) is 15.5. The van der Waals surface area contributed by atoms with Crippen molar-refractivity contribution >= 4 is 52.5 Å². The second-order valence-corrected chi connectivity index (χ2v) is 9.91. The van der Waals surface area contributed by atoms with Gasteiger partial charge in [-0.05, 0) is 50.1 Å². The Hall–Kier alpha value is -4.12. The summed E-state index contributed by atoms with van der Waals surface area (Å²) in [5.41, 5.74) is 3.12. The van der Waals surface area contributed by atoms with E-state index in [0.29, 0.717) is 11.6 Å². The normalized spacial score (nSPS) is 10.8. The van der Waals surface area contributed by atoms with E-state index in [1.165, 1.54) is 19.4 Å². The van der Waals surface area contributed by atoms with Crippen molar-refractivity contribution in [2.45, 2.75) is 33.1 Å². The molecular formula is C29H30Cl2N6O4. The lowest BCUT2D eigenvalue weighted by atomic mass is 10.2. The highest BCUT2D eigenvalue weighted by atomic mass is 35.5. The number of benzene rings is 2. The van der Waals surface area contributed by atoms with Crippen LogP contribution in [0.3, 0.4) is 0 Å². The molecule has 0 unspecified atom stereocenters. The van der Waals surface area contributed by atoms with Gasteiger partial charge in [-0.3, -0.25) is 10.1 Å². The molecule has 214 valence electrons. The van der Waals surface area contributed by atoms with Gasteiger partial charge in [0, 0.05) is 25.4 Å². The number of amides is 3. The van der Waals surface area contributed by atoms with Crippen LogP contribution in [0.2, 0.25) is 10.0 Å².